The van der Waals surface area contributed by atoms with Gasteiger partial charge >= 0.3 is 5.97 Å². The second kappa shape index (κ2) is 8.93. The Morgan fingerprint density at radius 2 is 2.29 bits per heavy atom. The highest BCUT2D eigenvalue weighted by Crippen LogP contribution is 2.00. The van der Waals surface area contributed by atoms with Crippen LogP contribution in [0.5, 0.6) is 0 Å². The van der Waals surface area contributed by atoms with E-state index in [-0.39, 0.29) is 5.57 Å². The Labute approximate surface area is 97.8 Å². The average Bonchev–Trinajstić information content (AvgIpc) is 2.16. The van der Waals surface area contributed by atoms with Crippen molar-refractivity contribution < 1.29 is 9.90 Å². The van der Waals surface area contributed by atoms with Crippen molar-refractivity contribution in [3.8, 4) is 0 Å². The summed E-state index contributed by atoms with van der Waals surface area (Å²) in [4.78, 5) is 14.6. The molecule has 0 aromatic carbocycles. The maximum atomic E-state index is 10.5. The lowest BCUT2D eigenvalue weighted by Crippen LogP contribution is -1.95. The highest BCUT2D eigenvalue weighted by atomic mass is 127. The fourth-order valence-corrected chi connectivity index (χ4v) is 1.16. The van der Waals surface area contributed by atoms with E-state index in [4.69, 9.17) is 5.11 Å². The van der Waals surface area contributed by atoms with Crippen molar-refractivity contribution in [3.63, 3.8) is 0 Å². The van der Waals surface area contributed by atoms with Crippen LogP contribution in [0.25, 0.3) is 0 Å². The summed E-state index contributed by atoms with van der Waals surface area (Å²) in [6.45, 7) is 2.91. The SMILES string of the molecule is CCCC/N=C/C=C\C(=C/I)C(=O)O. The normalized spacial score (nSPS) is 12.9. The van der Waals surface area contributed by atoms with Gasteiger partial charge in [0.2, 0.25) is 0 Å². The lowest BCUT2D eigenvalue weighted by Gasteiger charge is -1.89. The summed E-state index contributed by atoms with van der Waals surface area (Å²) < 4.78 is 1.52. The standard InChI is InChI=1S/C10H14INO2/c1-2-3-6-12-7-4-5-9(8-11)10(13)14/h4-5,7-8H,2-3,6H2,1H3,(H,13,14)/b5-4-,9-8+,12-7+. The second-order valence-electron chi connectivity index (χ2n) is 2.64. The average molecular weight is 307 g/mol. The van der Waals surface area contributed by atoms with Crippen LogP contribution in [0.1, 0.15) is 19.8 Å². The largest absolute Gasteiger partial charge is 0.478 e. The molecule has 1 N–H and O–H groups in total. The summed E-state index contributed by atoms with van der Waals surface area (Å²) in [5.74, 6) is -0.919. The topological polar surface area (TPSA) is 49.7 Å². The lowest BCUT2D eigenvalue weighted by atomic mass is 10.3. The van der Waals surface area contributed by atoms with Crippen LogP contribution >= 0.6 is 22.6 Å². The van der Waals surface area contributed by atoms with Crippen molar-refractivity contribution in [2.45, 2.75) is 19.8 Å². The Morgan fingerprint density at radius 1 is 1.57 bits per heavy atom. The summed E-state index contributed by atoms with van der Waals surface area (Å²) in [6, 6.07) is 0. The smallest absolute Gasteiger partial charge is 0.336 e. The molecule has 0 bridgehead atoms. The molecule has 4 heteroatoms. The molecule has 0 aliphatic carbocycles. The molecule has 0 atom stereocenters. The quantitative estimate of drug-likeness (QED) is 0.270. The third-order valence-corrected chi connectivity index (χ3v) is 2.14. The van der Waals surface area contributed by atoms with Crippen molar-refractivity contribution in [3.05, 3.63) is 21.8 Å². The van der Waals surface area contributed by atoms with Crippen LogP contribution < -0.4 is 0 Å². The van der Waals surface area contributed by atoms with Gasteiger partial charge in [-0.2, -0.15) is 0 Å². The predicted molar refractivity (Wildman–Crippen MR) is 67.1 cm³/mol. The van der Waals surface area contributed by atoms with E-state index in [1.54, 1.807) is 12.3 Å². The van der Waals surface area contributed by atoms with E-state index >= 15 is 0 Å². The van der Waals surface area contributed by atoms with E-state index in [0.29, 0.717) is 0 Å². The molecule has 14 heavy (non-hydrogen) atoms. The lowest BCUT2D eigenvalue weighted by molar-refractivity contribution is -0.132. The van der Waals surface area contributed by atoms with Crippen LogP contribution in [0, 0.1) is 0 Å². The number of allylic oxidation sites excluding steroid dienone is 1. The van der Waals surface area contributed by atoms with Gasteiger partial charge in [0.1, 0.15) is 0 Å². The number of hydrogen-bond donors (Lipinski definition) is 1. The number of aliphatic imine (C=N–C) groups is 1. The van der Waals surface area contributed by atoms with Gasteiger partial charge < -0.3 is 5.11 Å². The summed E-state index contributed by atoms with van der Waals surface area (Å²) in [5, 5.41) is 8.65. The van der Waals surface area contributed by atoms with Crippen molar-refractivity contribution >= 4 is 34.8 Å². The number of carbonyl (C=O) groups is 1. The van der Waals surface area contributed by atoms with Crippen LogP contribution in [-0.4, -0.2) is 23.8 Å². The molecule has 0 rings (SSSR count). The van der Waals surface area contributed by atoms with E-state index in [1.165, 1.54) is 10.2 Å². The maximum absolute atomic E-state index is 10.5. The first-order chi connectivity index (χ1) is 6.72. The summed E-state index contributed by atoms with van der Waals surface area (Å²) >= 11 is 1.90. The van der Waals surface area contributed by atoms with Crippen LogP contribution in [0.2, 0.25) is 0 Å². The molecule has 0 saturated carbocycles. The maximum Gasteiger partial charge on any atom is 0.336 e. The minimum atomic E-state index is -0.919. The highest BCUT2D eigenvalue weighted by molar-refractivity contribution is 14.1. The van der Waals surface area contributed by atoms with E-state index < -0.39 is 5.97 Å². The summed E-state index contributed by atoms with van der Waals surface area (Å²) in [7, 11) is 0. The minimum absolute atomic E-state index is 0.271. The number of nitrogens with zero attached hydrogens (tertiary/aromatic N) is 1. The van der Waals surface area contributed by atoms with E-state index in [1.807, 2.05) is 22.6 Å². The third-order valence-electron chi connectivity index (χ3n) is 1.47. The van der Waals surface area contributed by atoms with Gasteiger partial charge in [-0.05, 0) is 22.7 Å². The Balaban J connectivity index is 3.92. The van der Waals surface area contributed by atoms with Crippen LogP contribution in [0.15, 0.2) is 26.8 Å². The van der Waals surface area contributed by atoms with Crippen molar-refractivity contribution in [2.75, 3.05) is 6.54 Å². The Morgan fingerprint density at radius 3 is 2.79 bits per heavy atom. The number of hydrogen-bond acceptors (Lipinski definition) is 2. The van der Waals surface area contributed by atoms with E-state index in [0.717, 1.165) is 19.4 Å². The molecular formula is C10H14INO2. The van der Waals surface area contributed by atoms with Gasteiger partial charge in [0.15, 0.2) is 0 Å². The third kappa shape index (κ3) is 6.82. The zero-order chi connectivity index (χ0) is 10.8. The Hall–Kier alpha value is -0.650. The van der Waals surface area contributed by atoms with Gasteiger partial charge in [-0.1, -0.05) is 35.9 Å². The molecular weight excluding hydrogens is 293 g/mol. The second-order valence-corrected chi connectivity index (χ2v) is 3.26. The van der Waals surface area contributed by atoms with Gasteiger partial charge in [0.25, 0.3) is 0 Å². The predicted octanol–water partition coefficient (Wildman–Crippen LogP) is 2.82. The number of aliphatic carboxylic acids is 1. The number of carboxylic acids is 1. The van der Waals surface area contributed by atoms with Gasteiger partial charge in [0.05, 0.1) is 5.57 Å². The molecule has 78 valence electrons. The summed E-state index contributed by atoms with van der Waals surface area (Å²) in [5.41, 5.74) is 0.271. The molecule has 0 fully saturated rings. The summed E-state index contributed by atoms with van der Waals surface area (Å²) in [6.07, 6.45) is 7.00. The van der Waals surface area contributed by atoms with Crippen LogP contribution in [-0.2, 0) is 4.79 Å². The minimum Gasteiger partial charge on any atom is -0.478 e. The van der Waals surface area contributed by atoms with Gasteiger partial charge in [-0.15, -0.1) is 0 Å². The van der Waals surface area contributed by atoms with Crippen molar-refractivity contribution in [2.24, 2.45) is 4.99 Å². The first kappa shape index (κ1) is 13.4. The Kier molecular flexibility index (Phi) is 8.51. The van der Waals surface area contributed by atoms with Crippen LogP contribution in [0.4, 0.5) is 0 Å². The first-order valence-electron chi connectivity index (χ1n) is 4.42. The number of rotatable bonds is 6. The van der Waals surface area contributed by atoms with E-state index in [9.17, 15) is 4.79 Å². The van der Waals surface area contributed by atoms with Gasteiger partial charge in [-0.3, -0.25) is 4.99 Å². The molecule has 0 aromatic rings. The molecule has 0 unspecified atom stereocenters. The van der Waals surface area contributed by atoms with Gasteiger partial charge in [0, 0.05) is 12.8 Å². The fourth-order valence-electron chi connectivity index (χ4n) is 0.686. The zero-order valence-corrected chi connectivity index (χ0v) is 10.3. The number of carboxylic acid groups (broad SMARTS) is 1. The molecule has 3 nitrogen and oxygen atoms in total. The molecule has 0 heterocycles. The van der Waals surface area contributed by atoms with Gasteiger partial charge in [-0.25, -0.2) is 4.79 Å². The molecule has 0 radical (unpaired) electrons. The van der Waals surface area contributed by atoms with Crippen molar-refractivity contribution in [1.82, 2.24) is 0 Å². The van der Waals surface area contributed by atoms with Crippen LogP contribution in [0.3, 0.4) is 0 Å². The number of halogens is 1. The first-order valence-corrected chi connectivity index (χ1v) is 5.67. The molecule has 0 aliphatic rings. The van der Waals surface area contributed by atoms with Crippen molar-refractivity contribution in [1.29, 1.82) is 0 Å². The molecule has 0 amide bonds. The number of unbranched alkanes of at least 4 members (excludes halogenated alkanes) is 1. The monoisotopic (exact) mass is 307 g/mol. The zero-order valence-electron chi connectivity index (χ0n) is 8.11. The molecule has 0 aliphatic heterocycles. The highest BCUT2D eigenvalue weighted by Gasteiger charge is 1.99. The Bertz CT molecular complexity index is 257. The molecule has 0 spiro atoms. The van der Waals surface area contributed by atoms with E-state index in [2.05, 4.69) is 11.9 Å². The fraction of sp³-hybridized carbons (Fsp3) is 0.400. The molecule has 0 aromatic heterocycles. The molecule has 0 saturated heterocycles.